The molecule has 8 heteroatoms. The van der Waals surface area contributed by atoms with Crippen LogP contribution in [-0.4, -0.2) is 58.6 Å². The lowest BCUT2D eigenvalue weighted by Gasteiger charge is -2.26. The fourth-order valence-electron chi connectivity index (χ4n) is 3.76. The first kappa shape index (κ1) is 20.0. The number of imidazole rings is 1. The number of carbonyl (C=O) groups is 1. The minimum absolute atomic E-state index is 0.0254. The van der Waals surface area contributed by atoms with E-state index < -0.39 is 0 Å². The van der Waals surface area contributed by atoms with Crippen molar-refractivity contribution in [1.29, 1.82) is 0 Å². The van der Waals surface area contributed by atoms with Gasteiger partial charge in [-0.2, -0.15) is 0 Å². The molecule has 0 spiro atoms. The van der Waals surface area contributed by atoms with Crippen molar-refractivity contribution in [2.24, 2.45) is 0 Å². The standard InChI is InChI=1S/C24H23N5O3/c1-31-20-8-4-17(5-9-20)21-16-26-23-22(25-10-11-29(21)23)27-19-6-2-18(3-7-19)24(30)28-12-14-32-15-13-28/h2-11,16H,12-15H2,1H3,(H,25,27). The predicted octanol–water partition coefficient (Wildman–Crippen LogP) is 3.62. The summed E-state index contributed by atoms with van der Waals surface area (Å²) in [5.74, 6) is 1.47. The number of carbonyl (C=O) groups excluding carboxylic acids is 1. The maximum absolute atomic E-state index is 12.6. The second-order valence-electron chi connectivity index (χ2n) is 7.45. The summed E-state index contributed by atoms with van der Waals surface area (Å²) in [4.78, 5) is 23.5. The fraction of sp³-hybridized carbons (Fsp3) is 0.208. The van der Waals surface area contributed by atoms with Crippen LogP contribution in [0.5, 0.6) is 5.75 Å². The van der Waals surface area contributed by atoms with Crippen LogP contribution in [0.2, 0.25) is 0 Å². The average molecular weight is 429 g/mol. The van der Waals surface area contributed by atoms with Crippen LogP contribution >= 0.6 is 0 Å². The van der Waals surface area contributed by atoms with Gasteiger partial charge >= 0.3 is 0 Å². The van der Waals surface area contributed by atoms with Gasteiger partial charge in [0.15, 0.2) is 11.5 Å². The van der Waals surface area contributed by atoms with Gasteiger partial charge in [0.2, 0.25) is 0 Å². The molecule has 5 rings (SSSR count). The van der Waals surface area contributed by atoms with Gasteiger partial charge in [-0.15, -0.1) is 0 Å². The van der Waals surface area contributed by atoms with Gasteiger partial charge in [-0.25, -0.2) is 9.97 Å². The minimum Gasteiger partial charge on any atom is -0.497 e. The van der Waals surface area contributed by atoms with E-state index in [0.717, 1.165) is 22.7 Å². The summed E-state index contributed by atoms with van der Waals surface area (Å²) in [5, 5.41) is 3.32. The van der Waals surface area contributed by atoms with Crippen molar-refractivity contribution in [3.8, 4) is 17.0 Å². The molecule has 0 aliphatic carbocycles. The smallest absolute Gasteiger partial charge is 0.254 e. The molecule has 2 aromatic heterocycles. The van der Waals surface area contributed by atoms with E-state index in [4.69, 9.17) is 9.47 Å². The van der Waals surface area contributed by atoms with E-state index in [1.54, 1.807) is 13.3 Å². The number of methoxy groups -OCH3 is 1. The molecular weight excluding hydrogens is 406 g/mol. The van der Waals surface area contributed by atoms with E-state index in [-0.39, 0.29) is 5.91 Å². The van der Waals surface area contributed by atoms with E-state index in [1.165, 1.54) is 0 Å². The van der Waals surface area contributed by atoms with E-state index in [0.29, 0.717) is 43.3 Å². The van der Waals surface area contributed by atoms with Crippen molar-refractivity contribution in [2.45, 2.75) is 0 Å². The molecule has 3 heterocycles. The van der Waals surface area contributed by atoms with E-state index >= 15 is 0 Å². The Morgan fingerprint density at radius 2 is 1.78 bits per heavy atom. The number of amides is 1. The van der Waals surface area contributed by atoms with Gasteiger partial charge in [-0.05, 0) is 48.5 Å². The highest BCUT2D eigenvalue weighted by atomic mass is 16.5. The van der Waals surface area contributed by atoms with Crippen molar-refractivity contribution in [2.75, 3.05) is 38.7 Å². The van der Waals surface area contributed by atoms with Crippen molar-refractivity contribution >= 4 is 23.1 Å². The van der Waals surface area contributed by atoms with Crippen molar-refractivity contribution in [3.05, 3.63) is 72.7 Å². The van der Waals surface area contributed by atoms with Crippen LogP contribution < -0.4 is 10.1 Å². The maximum Gasteiger partial charge on any atom is 0.254 e. The third-order valence-electron chi connectivity index (χ3n) is 5.51. The highest BCUT2D eigenvalue weighted by Crippen LogP contribution is 2.26. The first-order valence-corrected chi connectivity index (χ1v) is 10.4. The van der Waals surface area contributed by atoms with E-state index in [9.17, 15) is 4.79 Å². The van der Waals surface area contributed by atoms with Crippen LogP contribution in [0.4, 0.5) is 11.5 Å². The third-order valence-corrected chi connectivity index (χ3v) is 5.51. The van der Waals surface area contributed by atoms with Crippen molar-refractivity contribution < 1.29 is 14.3 Å². The molecule has 162 valence electrons. The fourth-order valence-corrected chi connectivity index (χ4v) is 3.76. The van der Waals surface area contributed by atoms with Crippen LogP contribution in [0.25, 0.3) is 16.9 Å². The Hall–Kier alpha value is -3.91. The number of hydrogen-bond acceptors (Lipinski definition) is 6. The van der Waals surface area contributed by atoms with Gasteiger partial charge in [-0.3, -0.25) is 9.20 Å². The Morgan fingerprint density at radius 1 is 1.03 bits per heavy atom. The lowest BCUT2D eigenvalue weighted by Crippen LogP contribution is -2.40. The highest BCUT2D eigenvalue weighted by Gasteiger charge is 2.18. The third kappa shape index (κ3) is 3.88. The van der Waals surface area contributed by atoms with Gasteiger partial charge < -0.3 is 19.7 Å². The molecule has 2 aromatic carbocycles. The molecule has 0 saturated carbocycles. The molecule has 4 aromatic rings. The highest BCUT2D eigenvalue weighted by molar-refractivity contribution is 5.94. The number of fused-ring (bicyclic) bond motifs is 1. The van der Waals surface area contributed by atoms with Crippen LogP contribution in [0, 0.1) is 0 Å². The Balaban J connectivity index is 1.37. The summed E-state index contributed by atoms with van der Waals surface area (Å²) in [7, 11) is 1.65. The monoisotopic (exact) mass is 429 g/mol. The number of nitrogens with zero attached hydrogens (tertiary/aromatic N) is 4. The molecule has 1 amide bonds. The normalized spacial score (nSPS) is 13.8. The zero-order valence-electron chi connectivity index (χ0n) is 17.7. The summed E-state index contributed by atoms with van der Waals surface area (Å²) in [5.41, 5.74) is 4.19. The second kappa shape index (κ2) is 8.68. The van der Waals surface area contributed by atoms with Crippen LogP contribution in [0.1, 0.15) is 10.4 Å². The lowest BCUT2D eigenvalue weighted by molar-refractivity contribution is 0.0303. The molecule has 1 aliphatic heterocycles. The predicted molar refractivity (Wildman–Crippen MR) is 121 cm³/mol. The topological polar surface area (TPSA) is 81.0 Å². The maximum atomic E-state index is 12.6. The summed E-state index contributed by atoms with van der Waals surface area (Å²) in [6.07, 6.45) is 5.45. The Kier molecular flexibility index (Phi) is 5.43. The minimum atomic E-state index is 0.0254. The number of morpholine rings is 1. The number of benzene rings is 2. The SMILES string of the molecule is COc1ccc(-c2cnc3c(Nc4ccc(C(=O)N5CCOCC5)cc4)nccn23)cc1. The number of nitrogens with one attached hydrogen (secondary N) is 1. The summed E-state index contributed by atoms with van der Waals surface area (Å²) < 4.78 is 12.6. The number of rotatable bonds is 5. The number of anilines is 2. The van der Waals surface area contributed by atoms with Crippen LogP contribution in [-0.2, 0) is 4.74 Å². The van der Waals surface area contributed by atoms with E-state index in [1.807, 2.05) is 70.2 Å². The molecule has 32 heavy (non-hydrogen) atoms. The first-order chi connectivity index (χ1) is 15.7. The van der Waals surface area contributed by atoms with Gasteiger partial charge in [0.25, 0.3) is 5.91 Å². The molecule has 0 radical (unpaired) electrons. The Bertz CT molecular complexity index is 1230. The largest absolute Gasteiger partial charge is 0.497 e. The molecular formula is C24H23N5O3. The zero-order chi connectivity index (χ0) is 21.9. The quantitative estimate of drug-likeness (QED) is 0.522. The zero-order valence-corrected chi connectivity index (χ0v) is 17.7. The van der Waals surface area contributed by atoms with Crippen molar-refractivity contribution in [1.82, 2.24) is 19.3 Å². The number of hydrogen-bond donors (Lipinski definition) is 1. The van der Waals surface area contributed by atoms with Crippen LogP contribution in [0.3, 0.4) is 0 Å². The summed E-state index contributed by atoms with van der Waals surface area (Å²) >= 11 is 0. The lowest BCUT2D eigenvalue weighted by atomic mass is 10.1. The molecule has 0 unspecified atom stereocenters. The van der Waals surface area contributed by atoms with Gasteiger partial charge in [0.1, 0.15) is 5.75 Å². The van der Waals surface area contributed by atoms with Crippen LogP contribution in [0.15, 0.2) is 67.1 Å². The van der Waals surface area contributed by atoms with Gasteiger partial charge in [0, 0.05) is 42.3 Å². The molecule has 1 fully saturated rings. The first-order valence-electron chi connectivity index (χ1n) is 10.4. The summed E-state index contributed by atoms with van der Waals surface area (Å²) in [6.45, 7) is 2.43. The molecule has 0 bridgehead atoms. The Labute approximate surface area is 185 Å². The molecule has 1 N–H and O–H groups in total. The van der Waals surface area contributed by atoms with Crippen molar-refractivity contribution in [3.63, 3.8) is 0 Å². The number of ether oxygens (including phenoxy) is 2. The molecule has 1 saturated heterocycles. The van der Waals surface area contributed by atoms with Gasteiger partial charge in [0.05, 0.1) is 32.2 Å². The average Bonchev–Trinajstić information content (AvgIpc) is 3.30. The van der Waals surface area contributed by atoms with Gasteiger partial charge in [-0.1, -0.05) is 0 Å². The van der Waals surface area contributed by atoms with E-state index in [2.05, 4.69) is 15.3 Å². The molecule has 0 atom stereocenters. The molecule has 8 nitrogen and oxygen atoms in total. The Morgan fingerprint density at radius 3 is 2.50 bits per heavy atom. The second-order valence-corrected chi connectivity index (χ2v) is 7.45. The molecule has 1 aliphatic rings. The number of aromatic nitrogens is 3. The summed E-state index contributed by atoms with van der Waals surface area (Å²) in [6, 6.07) is 15.3.